The van der Waals surface area contributed by atoms with Gasteiger partial charge in [-0.05, 0) is 18.9 Å². The van der Waals surface area contributed by atoms with Crippen molar-refractivity contribution in [2.45, 2.75) is 37.0 Å². The quantitative estimate of drug-likeness (QED) is 0.922. The number of sulfonamides is 1. The van der Waals surface area contributed by atoms with Crippen LogP contribution in [-0.2, 0) is 10.0 Å². The number of nitrogens with zero attached hydrogens (tertiary/aromatic N) is 2. The highest BCUT2D eigenvalue weighted by atomic mass is 32.2. The van der Waals surface area contributed by atoms with Crippen molar-refractivity contribution < 1.29 is 8.42 Å². The smallest absolute Gasteiger partial charge is 0.246 e. The summed E-state index contributed by atoms with van der Waals surface area (Å²) < 4.78 is 27.0. The third-order valence-corrected chi connectivity index (χ3v) is 5.41. The SMILES string of the molecule is CNc1ccncc1S(=O)(=O)N1CCCCCCC1. The van der Waals surface area contributed by atoms with Gasteiger partial charge in [-0.3, -0.25) is 4.98 Å². The van der Waals surface area contributed by atoms with Crippen LogP contribution in [0.1, 0.15) is 32.1 Å². The fraction of sp³-hybridized carbons (Fsp3) is 0.615. The van der Waals surface area contributed by atoms with Gasteiger partial charge in [0.05, 0.1) is 5.69 Å². The number of hydrogen-bond donors (Lipinski definition) is 1. The Hall–Kier alpha value is -1.14. The van der Waals surface area contributed by atoms with Gasteiger partial charge in [0.25, 0.3) is 0 Å². The Morgan fingerprint density at radius 2 is 1.79 bits per heavy atom. The highest BCUT2D eigenvalue weighted by Crippen LogP contribution is 2.25. The van der Waals surface area contributed by atoms with Gasteiger partial charge < -0.3 is 5.32 Å². The van der Waals surface area contributed by atoms with Crippen LogP contribution < -0.4 is 5.32 Å². The van der Waals surface area contributed by atoms with Crippen molar-refractivity contribution in [2.24, 2.45) is 0 Å². The second-order valence-electron chi connectivity index (χ2n) is 4.79. The summed E-state index contributed by atoms with van der Waals surface area (Å²) >= 11 is 0. The molecule has 1 fully saturated rings. The van der Waals surface area contributed by atoms with Crippen molar-refractivity contribution in [3.05, 3.63) is 18.5 Å². The number of aromatic nitrogens is 1. The average molecular weight is 283 g/mol. The molecule has 1 aromatic rings. The van der Waals surface area contributed by atoms with Crippen LogP contribution in [0.2, 0.25) is 0 Å². The van der Waals surface area contributed by atoms with E-state index >= 15 is 0 Å². The lowest BCUT2D eigenvalue weighted by Gasteiger charge is -2.24. The number of pyridine rings is 1. The summed E-state index contributed by atoms with van der Waals surface area (Å²) in [5.74, 6) is 0. The predicted octanol–water partition coefficient (Wildman–Crippen LogP) is 2.08. The number of rotatable bonds is 3. The Bertz CT molecular complexity index is 508. The Balaban J connectivity index is 2.29. The number of anilines is 1. The van der Waals surface area contributed by atoms with Gasteiger partial charge in [0.1, 0.15) is 4.90 Å². The van der Waals surface area contributed by atoms with E-state index in [1.165, 1.54) is 12.6 Å². The van der Waals surface area contributed by atoms with Gasteiger partial charge in [-0.2, -0.15) is 4.31 Å². The molecule has 5 nitrogen and oxygen atoms in total. The van der Waals surface area contributed by atoms with E-state index < -0.39 is 10.0 Å². The van der Waals surface area contributed by atoms with Crippen molar-refractivity contribution >= 4 is 15.7 Å². The standard InChI is InChI=1S/C13H21N3O2S/c1-14-12-7-8-15-11-13(12)19(17,18)16-9-5-3-2-4-6-10-16/h7-8,11H,2-6,9-10H2,1H3,(H,14,15). The van der Waals surface area contributed by atoms with E-state index in [1.54, 1.807) is 23.6 Å². The molecule has 2 heterocycles. The summed E-state index contributed by atoms with van der Waals surface area (Å²) in [7, 11) is -1.71. The Kier molecular flexibility index (Phi) is 4.76. The molecule has 2 rings (SSSR count). The molecule has 6 heteroatoms. The summed E-state index contributed by atoms with van der Waals surface area (Å²) in [6.07, 6.45) is 8.33. The normalized spacial score (nSPS) is 18.6. The third-order valence-electron chi connectivity index (χ3n) is 3.49. The third kappa shape index (κ3) is 3.25. The Morgan fingerprint density at radius 1 is 1.16 bits per heavy atom. The zero-order valence-corrected chi connectivity index (χ0v) is 12.1. The highest BCUT2D eigenvalue weighted by Gasteiger charge is 2.27. The maximum atomic E-state index is 12.7. The summed E-state index contributed by atoms with van der Waals surface area (Å²) in [6.45, 7) is 1.22. The first kappa shape index (κ1) is 14.3. The lowest BCUT2D eigenvalue weighted by atomic mass is 10.1. The Morgan fingerprint density at radius 3 is 2.42 bits per heavy atom. The fourth-order valence-electron chi connectivity index (χ4n) is 2.39. The van der Waals surface area contributed by atoms with Crippen LogP contribution in [-0.4, -0.2) is 37.8 Å². The molecular formula is C13H21N3O2S. The summed E-state index contributed by atoms with van der Waals surface area (Å²) in [5, 5.41) is 2.92. The molecule has 1 aliphatic heterocycles. The van der Waals surface area contributed by atoms with Crippen LogP contribution in [0, 0.1) is 0 Å². The molecule has 0 spiro atoms. The molecule has 1 aromatic heterocycles. The molecule has 0 saturated carbocycles. The molecule has 106 valence electrons. The first-order valence-corrected chi connectivity index (χ1v) is 8.22. The van der Waals surface area contributed by atoms with Gasteiger partial charge in [0.2, 0.25) is 10.0 Å². The molecule has 0 aromatic carbocycles. The van der Waals surface area contributed by atoms with E-state index in [0.717, 1.165) is 25.7 Å². The summed E-state index contributed by atoms with van der Waals surface area (Å²) in [5.41, 5.74) is 0.608. The van der Waals surface area contributed by atoms with Crippen LogP contribution >= 0.6 is 0 Å². The van der Waals surface area contributed by atoms with E-state index in [-0.39, 0.29) is 4.90 Å². The molecule has 0 unspecified atom stereocenters. The van der Waals surface area contributed by atoms with Crippen LogP contribution in [0.3, 0.4) is 0 Å². The predicted molar refractivity (Wildman–Crippen MR) is 75.6 cm³/mol. The molecule has 1 N–H and O–H groups in total. The van der Waals surface area contributed by atoms with Gasteiger partial charge >= 0.3 is 0 Å². The molecule has 0 atom stereocenters. The molecule has 1 aliphatic rings. The van der Waals surface area contributed by atoms with Crippen LogP contribution in [0.25, 0.3) is 0 Å². The lowest BCUT2D eigenvalue weighted by Crippen LogP contribution is -2.34. The highest BCUT2D eigenvalue weighted by molar-refractivity contribution is 7.89. The van der Waals surface area contributed by atoms with Crippen molar-refractivity contribution in [1.82, 2.24) is 9.29 Å². The second-order valence-corrected chi connectivity index (χ2v) is 6.70. The largest absolute Gasteiger partial charge is 0.387 e. The van der Waals surface area contributed by atoms with E-state index in [4.69, 9.17) is 0 Å². The van der Waals surface area contributed by atoms with Crippen LogP contribution in [0.15, 0.2) is 23.4 Å². The Labute approximate surface area is 115 Å². The van der Waals surface area contributed by atoms with E-state index in [9.17, 15) is 8.42 Å². The molecule has 1 saturated heterocycles. The minimum absolute atomic E-state index is 0.276. The maximum absolute atomic E-state index is 12.7. The van der Waals surface area contributed by atoms with Gasteiger partial charge in [-0.15, -0.1) is 0 Å². The van der Waals surface area contributed by atoms with E-state index in [2.05, 4.69) is 10.3 Å². The zero-order chi connectivity index (χ0) is 13.7. The maximum Gasteiger partial charge on any atom is 0.246 e. The van der Waals surface area contributed by atoms with Crippen LogP contribution in [0.5, 0.6) is 0 Å². The fourth-order valence-corrected chi connectivity index (χ4v) is 4.05. The number of nitrogens with one attached hydrogen (secondary N) is 1. The molecular weight excluding hydrogens is 262 g/mol. The van der Waals surface area contributed by atoms with Crippen molar-refractivity contribution in [1.29, 1.82) is 0 Å². The lowest BCUT2D eigenvalue weighted by molar-refractivity contribution is 0.364. The van der Waals surface area contributed by atoms with Crippen molar-refractivity contribution in [3.63, 3.8) is 0 Å². The molecule has 0 aliphatic carbocycles. The number of hydrogen-bond acceptors (Lipinski definition) is 4. The topological polar surface area (TPSA) is 62.3 Å². The summed E-state index contributed by atoms with van der Waals surface area (Å²) in [4.78, 5) is 4.23. The molecule has 0 radical (unpaired) electrons. The molecule has 0 amide bonds. The monoisotopic (exact) mass is 283 g/mol. The zero-order valence-electron chi connectivity index (χ0n) is 11.3. The molecule has 19 heavy (non-hydrogen) atoms. The van der Waals surface area contributed by atoms with E-state index in [0.29, 0.717) is 18.8 Å². The second kappa shape index (κ2) is 6.34. The van der Waals surface area contributed by atoms with E-state index in [1.807, 2.05) is 0 Å². The van der Waals surface area contributed by atoms with Crippen molar-refractivity contribution in [3.8, 4) is 0 Å². The van der Waals surface area contributed by atoms with Crippen LogP contribution in [0.4, 0.5) is 5.69 Å². The summed E-state index contributed by atoms with van der Waals surface area (Å²) in [6, 6.07) is 1.69. The minimum Gasteiger partial charge on any atom is -0.387 e. The molecule has 0 bridgehead atoms. The average Bonchev–Trinajstić information content (AvgIpc) is 2.37. The van der Waals surface area contributed by atoms with Gasteiger partial charge in [-0.1, -0.05) is 19.3 Å². The van der Waals surface area contributed by atoms with Gasteiger partial charge in [0, 0.05) is 32.5 Å². The minimum atomic E-state index is -3.44. The first-order valence-electron chi connectivity index (χ1n) is 6.78. The van der Waals surface area contributed by atoms with Crippen molar-refractivity contribution in [2.75, 3.05) is 25.5 Å². The van der Waals surface area contributed by atoms with Gasteiger partial charge in [0.15, 0.2) is 0 Å². The first-order chi connectivity index (χ1) is 9.16. The van der Waals surface area contributed by atoms with Gasteiger partial charge in [-0.25, -0.2) is 8.42 Å².